The summed E-state index contributed by atoms with van der Waals surface area (Å²) in [4.78, 5) is 0. The third-order valence-electron chi connectivity index (χ3n) is 3.34. The lowest BCUT2D eigenvalue weighted by Gasteiger charge is -2.21. The molecule has 60 valence electrons. The summed E-state index contributed by atoms with van der Waals surface area (Å²) in [6.45, 7) is 4.52. The molecule has 4 atom stereocenters. The van der Waals surface area contributed by atoms with E-state index in [1.807, 2.05) is 0 Å². The van der Waals surface area contributed by atoms with Gasteiger partial charge >= 0.3 is 0 Å². The van der Waals surface area contributed by atoms with Crippen molar-refractivity contribution in [2.24, 2.45) is 23.7 Å². The number of hydrogen-bond acceptors (Lipinski definition) is 0. The van der Waals surface area contributed by atoms with Crippen LogP contribution in [0.2, 0.25) is 0 Å². The highest BCUT2D eigenvalue weighted by molar-refractivity contribution is 5.16. The Hall–Kier alpha value is -0.520. The van der Waals surface area contributed by atoms with Crippen molar-refractivity contribution in [3.63, 3.8) is 0 Å². The summed E-state index contributed by atoms with van der Waals surface area (Å²) in [5.74, 6) is 3.49. The average Bonchev–Trinajstić information content (AvgIpc) is 2.54. The Morgan fingerprint density at radius 1 is 1.27 bits per heavy atom. The van der Waals surface area contributed by atoms with Crippen LogP contribution in [0.3, 0.4) is 0 Å². The Kier molecular flexibility index (Phi) is 1.63. The van der Waals surface area contributed by atoms with E-state index >= 15 is 0 Å². The van der Waals surface area contributed by atoms with Gasteiger partial charge in [-0.2, -0.15) is 0 Å². The largest absolute Gasteiger partial charge is 0.0914 e. The third kappa shape index (κ3) is 0.962. The van der Waals surface area contributed by atoms with Crippen molar-refractivity contribution < 1.29 is 0 Å². The molecule has 0 aromatic rings. The fourth-order valence-corrected chi connectivity index (χ4v) is 2.65. The van der Waals surface area contributed by atoms with Crippen LogP contribution in [-0.4, -0.2) is 0 Å². The van der Waals surface area contributed by atoms with Crippen LogP contribution in [0.5, 0.6) is 0 Å². The molecule has 0 aromatic heterocycles. The SMILES string of the molecule is CC=CC1C2C=CC(C2)C1C. The molecule has 0 saturated heterocycles. The molecule has 11 heavy (non-hydrogen) atoms. The van der Waals surface area contributed by atoms with Gasteiger partial charge < -0.3 is 0 Å². The second-order valence-corrected chi connectivity index (χ2v) is 3.91. The lowest BCUT2D eigenvalue weighted by molar-refractivity contribution is 0.403. The van der Waals surface area contributed by atoms with E-state index in [-0.39, 0.29) is 0 Å². The number of allylic oxidation sites excluding steroid dienone is 4. The van der Waals surface area contributed by atoms with E-state index in [0.29, 0.717) is 0 Å². The molecule has 1 saturated carbocycles. The molecular weight excluding hydrogens is 132 g/mol. The molecule has 2 aliphatic carbocycles. The first-order valence-electron chi connectivity index (χ1n) is 4.64. The van der Waals surface area contributed by atoms with Crippen molar-refractivity contribution in [3.05, 3.63) is 24.3 Å². The normalized spacial score (nSPS) is 47.8. The minimum absolute atomic E-state index is 0.843. The van der Waals surface area contributed by atoms with Gasteiger partial charge in [-0.3, -0.25) is 0 Å². The van der Waals surface area contributed by atoms with Crippen molar-refractivity contribution in [2.45, 2.75) is 20.3 Å². The van der Waals surface area contributed by atoms with Crippen LogP contribution in [0.15, 0.2) is 24.3 Å². The molecule has 0 amide bonds. The van der Waals surface area contributed by atoms with E-state index in [2.05, 4.69) is 38.2 Å². The Morgan fingerprint density at radius 3 is 2.55 bits per heavy atom. The third-order valence-corrected chi connectivity index (χ3v) is 3.34. The summed E-state index contributed by atoms with van der Waals surface area (Å²) in [7, 11) is 0. The molecule has 0 aliphatic heterocycles. The van der Waals surface area contributed by atoms with Gasteiger partial charge in [-0.05, 0) is 37.0 Å². The first-order valence-corrected chi connectivity index (χ1v) is 4.64. The van der Waals surface area contributed by atoms with Gasteiger partial charge in [0.2, 0.25) is 0 Å². The van der Waals surface area contributed by atoms with Gasteiger partial charge in [-0.1, -0.05) is 31.2 Å². The summed E-state index contributed by atoms with van der Waals surface area (Å²) in [6, 6.07) is 0. The maximum Gasteiger partial charge on any atom is -0.0139 e. The van der Waals surface area contributed by atoms with Crippen LogP contribution in [0.25, 0.3) is 0 Å². The number of fused-ring (bicyclic) bond motifs is 2. The van der Waals surface area contributed by atoms with Crippen LogP contribution in [-0.2, 0) is 0 Å². The highest BCUT2D eigenvalue weighted by atomic mass is 14.4. The zero-order valence-electron chi connectivity index (χ0n) is 7.33. The molecular formula is C11H16. The van der Waals surface area contributed by atoms with E-state index < -0.39 is 0 Å². The molecule has 0 heteroatoms. The van der Waals surface area contributed by atoms with Crippen LogP contribution in [0.4, 0.5) is 0 Å². The van der Waals surface area contributed by atoms with Crippen molar-refractivity contribution in [1.29, 1.82) is 0 Å². The molecule has 0 spiro atoms. The van der Waals surface area contributed by atoms with Gasteiger partial charge in [0, 0.05) is 0 Å². The first kappa shape index (κ1) is 7.15. The van der Waals surface area contributed by atoms with E-state index in [4.69, 9.17) is 0 Å². The summed E-state index contributed by atoms with van der Waals surface area (Å²) in [5.41, 5.74) is 0. The molecule has 0 aromatic carbocycles. The highest BCUT2D eigenvalue weighted by Gasteiger charge is 2.39. The monoisotopic (exact) mass is 148 g/mol. The topological polar surface area (TPSA) is 0 Å². The van der Waals surface area contributed by atoms with Gasteiger partial charge in [-0.15, -0.1) is 0 Å². The summed E-state index contributed by atoms with van der Waals surface area (Å²) >= 11 is 0. The molecule has 2 aliphatic rings. The maximum absolute atomic E-state index is 2.41. The molecule has 0 radical (unpaired) electrons. The fraction of sp³-hybridized carbons (Fsp3) is 0.636. The lowest BCUT2D eigenvalue weighted by atomic mass is 9.84. The number of rotatable bonds is 1. The predicted octanol–water partition coefficient (Wildman–Crippen LogP) is 3.02. The Labute approximate surface area is 69.0 Å². The first-order chi connectivity index (χ1) is 5.33. The maximum atomic E-state index is 2.41. The van der Waals surface area contributed by atoms with Crippen molar-refractivity contribution >= 4 is 0 Å². The van der Waals surface area contributed by atoms with Gasteiger partial charge in [0.05, 0.1) is 0 Å². The van der Waals surface area contributed by atoms with Gasteiger partial charge in [0.25, 0.3) is 0 Å². The van der Waals surface area contributed by atoms with Crippen molar-refractivity contribution in [3.8, 4) is 0 Å². The summed E-state index contributed by atoms with van der Waals surface area (Å²) < 4.78 is 0. The Morgan fingerprint density at radius 2 is 2.00 bits per heavy atom. The average molecular weight is 148 g/mol. The predicted molar refractivity (Wildman–Crippen MR) is 48.2 cm³/mol. The van der Waals surface area contributed by atoms with E-state index in [0.717, 1.165) is 23.7 Å². The zero-order chi connectivity index (χ0) is 7.84. The molecule has 0 nitrogen and oxygen atoms in total. The molecule has 2 rings (SSSR count). The van der Waals surface area contributed by atoms with Gasteiger partial charge in [0.15, 0.2) is 0 Å². The van der Waals surface area contributed by atoms with E-state index in [1.54, 1.807) is 0 Å². The zero-order valence-corrected chi connectivity index (χ0v) is 7.33. The van der Waals surface area contributed by atoms with Gasteiger partial charge in [-0.25, -0.2) is 0 Å². The van der Waals surface area contributed by atoms with Crippen molar-refractivity contribution in [1.82, 2.24) is 0 Å². The fourth-order valence-electron chi connectivity index (χ4n) is 2.65. The van der Waals surface area contributed by atoms with E-state index in [1.165, 1.54) is 6.42 Å². The minimum Gasteiger partial charge on any atom is -0.0914 e. The van der Waals surface area contributed by atoms with Crippen LogP contribution >= 0.6 is 0 Å². The standard InChI is InChI=1S/C11H16/c1-3-4-11-8(2)9-5-6-10(11)7-9/h3-6,8-11H,7H2,1-2H3. The van der Waals surface area contributed by atoms with Crippen LogP contribution < -0.4 is 0 Å². The van der Waals surface area contributed by atoms with Gasteiger partial charge in [0.1, 0.15) is 0 Å². The lowest BCUT2D eigenvalue weighted by Crippen LogP contribution is -2.13. The van der Waals surface area contributed by atoms with Crippen LogP contribution in [0.1, 0.15) is 20.3 Å². The molecule has 0 heterocycles. The minimum atomic E-state index is 0.843. The summed E-state index contributed by atoms with van der Waals surface area (Å²) in [6.07, 6.45) is 10.8. The molecule has 4 unspecified atom stereocenters. The molecule has 0 N–H and O–H groups in total. The Bertz CT molecular complexity index is 200. The smallest absolute Gasteiger partial charge is 0.0139 e. The second-order valence-electron chi connectivity index (χ2n) is 3.91. The van der Waals surface area contributed by atoms with E-state index in [9.17, 15) is 0 Å². The highest BCUT2D eigenvalue weighted by Crippen LogP contribution is 2.48. The molecule has 1 fully saturated rings. The summed E-state index contributed by atoms with van der Waals surface area (Å²) in [5, 5.41) is 0. The number of hydrogen-bond donors (Lipinski definition) is 0. The molecule has 2 bridgehead atoms. The second kappa shape index (κ2) is 2.51. The quantitative estimate of drug-likeness (QED) is 0.501. The Balaban J connectivity index is 2.18. The van der Waals surface area contributed by atoms with Crippen molar-refractivity contribution in [2.75, 3.05) is 0 Å². The van der Waals surface area contributed by atoms with Crippen LogP contribution in [0, 0.1) is 23.7 Å².